The normalized spacial score (nSPS) is 14.8. The summed E-state index contributed by atoms with van der Waals surface area (Å²) in [6, 6.07) is 0. The molecule has 110 valence electrons. The van der Waals surface area contributed by atoms with Crippen molar-refractivity contribution in [1.82, 2.24) is 20.7 Å². The molecule has 1 rings (SSSR count). The molecule has 0 aromatic heterocycles. The van der Waals surface area contributed by atoms with E-state index < -0.39 is 0 Å². The minimum Gasteiger partial charge on any atom is -0.329 e. The maximum Gasteiger partial charge on any atom is 0.0227 e. The van der Waals surface area contributed by atoms with Crippen molar-refractivity contribution in [2.24, 2.45) is 11.7 Å². The highest BCUT2D eigenvalue weighted by molar-refractivity contribution is 4.73. The van der Waals surface area contributed by atoms with Gasteiger partial charge in [0.05, 0.1) is 0 Å². The van der Waals surface area contributed by atoms with E-state index in [1.807, 2.05) is 14.1 Å². The van der Waals surface area contributed by atoms with Crippen molar-refractivity contribution in [2.75, 3.05) is 60.9 Å². The molecule has 0 aromatic carbocycles. The van der Waals surface area contributed by atoms with E-state index in [2.05, 4.69) is 34.7 Å². The molecule has 0 aliphatic heterocycles. The largest absolute Gasteiger partial charge is 0.329 e. The zero-order chi connectivity index (χ0) is 13.8. The second-order valence-corrected chi connectivity index (χ2v) is 5.48. The summed E-state index contributed by atoms with van der Waals surface area (Å²) in [4.78, 5) is 4.23. The molecule has 1 aliphatic rings. The molecule has 1 aliphatic carbocycles. The standard InChI is InChI=1S/C9H21N3.C4H12N2/c1-12(2)8-7-11-10-6-5-9-3-4-9;1-6(2)4-3-5/h9-11H,3-8H2,1-2H3;3-5H2,1-2H3. The van der Waals surface area contributed by atoms with Gasteiger partial charge in [0.1, 0.15) is 0 Å². The number of hydrogen-bond acceptors (Lipinski definition) is 5. The first-order valence-electron chi connectivity index (χ1n) is 7.01. The second-order valence-electron chi connectivity index (χ2n) is 5.48. The van der Waals surface area contributed by atoms with Gasteiger partial charge in [-0.15, -0.1) is 0 Å². The third kappa shape index (κ3) is 15.8. The van der Waals surface area contributed by atoms with Gasteiger partial charge in [-0.05, 0) is 40.5 Å². The van der Waals surface area contributed by atoms with Crippen LogP contribution in [0.5, 0.6) is 0 Å². The third-order valence-corrected chi connectivity index (χ3v) is 2.76. The molecule has 0 atom stereocenters. The molecule has 5 nitrogen and oxygen atoms in total. The lowest BCUT2D eigenvalue weighted by Crippen LogP contribution is -2.37. The first-order chi connectivity index (χ1) is 8.56. The molecule has 5 heteroatoms. The van der Waals surface area contributed by atoms with E-state index in [4.69, 9.17) is 5.73 Å². The van der Waals surface area contributed by atoms with Crippen LogP contribution < -0.4 is 16.6 Å². The molecule has 4 N–H and O–H groups in total. The highest BCUT2D eigenvalue weighted by Gasteiger charge is 2.19. The van der Waals surface area contributed by atoms with Crippen molar-refractivity contribution in [3.63, 3.8) is 0 Å². The lowest BCUT2D eigenvalue weighted by Gasteiger charge is -2.10. The van der Waals surface area contributed by atoms with Crippen LogP contribution in [0.15, 0.2) is 0 Å². The number of nitrogens with zero attached hydrogens (tertiary/aromatic N) is 2. The predicted molar refractivity (Wildman–Crippen MR) is 79.5 cm³/mol. The lowest BCUT2D eigenvalue weighted by molar-refractivity contribution is 0.380. The van der Waals surface area contributed by atoms with Crippen molar-refractivity contribution in [1.29, 1.82) is 0 Å². The van der Waals surface area contributed by atoms with Crippen LogP contribution in [0, 0.1) is 5.92 Å². The average molecular weight is 259 g/mol. The van der Waals surface area contributed by atoms with Gasteiger partial charge in [0.2, 0.25) is 0 Å². The van der Waals surface area contributed by atoms with Crippen molar-refractivity contribution in [3.05, 3.63) is 0 Å². The first-order valence-corrected chi connectivity index (χ1v) is 7.01. The van der Waals surface area contributed by atoms with Gasteiger partial charge < -0.3 is 15.5 Å². The second kappa shape index (κ2) is 11.9. The highest BCUT2D eigenvalue weighted by Crippen LogP contribution is 2.31. The fourth-order valence-corrected chi connectivity index (χ4v) is 1.40. The Kier molecular flexibility index (Phi) is 11.7. The van der Waals surface area contributed by atoms with Crippen LogP contribution in [0.1, 0.15) is 19.3 Å². The van der Waals surface area contributed by atoms with Crippen molar-refractivity contribution in [3.8, 4) is 0 Å². The van der Waals surface area contributed by atoms with E-state index in [1.54, 1.807) is 0 Å². The minimum absolute atomic E-state index is 0.757. The summed E-state index contributed by atoms with van der Waals surface area (Å²) in [6.45, 7) is 4.99. The van der Waals surface area contributed by atoms with Crippen molar-refractivity contribution in [2.45, 2.75) is 19.3 Å². The summed E-state index contributed by atoms with van der Waals surface area (Å²) < 4.78 is 0. The number of hydrogen-bond donors (Lipinski definition) is 3. The number of nitrogens with two attached hydrogens (primary N) is 1. The monoisotopic (exact) mass is 259 g/mol. The molecule has 0 saturated heterocycles. The van der Waals surface area contributed by atoms with Crippen LogP contribution in [0.2, 0.25) is 0 Å². The van der Waals surface area contributed by atoms with Crippen LogP contribution in [-0.4, -0.2) is 70.7 Å². The zero-order valence-corrected chi connectivity index (χ0v) is 12.7. The van der Waals surface area contributed by atoms with Gasteiger partial charge in [-0.2, -0.15) is 0 Å². The molecule has 1 saturated carbocycles. The Hall–Kier alpha value is -0.200. The SMILES string of the molecule is CN(C)CCN.CN(C)CCNNCCC1CC1. The van der Waals surface area contributed by atoms with E-state index in [-0.39, 0.29) is 0 Å². The summed E-state index contributed by atoms with van der Waals surface area (Å²) in [7, 11) is 8.19. The molecule has 0 radical (unpaired) electrons. The van der Waals surface area contributed by atoms with E-state index in [1.165, 1.54) is 19.3 Å². The Bertz CT molecular complexity index is 163. The number of rotatable bonds is 9. The Morgan fingerprint density at radius 3 is 1.89 bits per heavy atom. The quantitative estimate of drug-likeness (QED) is 0.400. The summed E-state index contributed by atoms with van der Waals surface area (Å²) in [5.41, 5.74) is 11.6. The molecule has 0 heterocycles. The number of likely N-dealkylation sites (N-methyl/N-ethyl adjacent to an activating group) is 2. The minimum atomic E-state index is 0.757. The molecule has 0 amide bonds. The number of nitrogens with one attached hydrogen (secondary N) is 2. The van der Waals surface area contributed by atoms with Gasteiger partial charge in [0.15, 0.2) is 0 Å². The number of hydrazine groups is 1. The Labute approximate surface area is 113 Å². The fourth-order valence-electron chi connectivity index (χ4n) is 1.40. The van der Waals surface area contributed by atoms with Gasteiger partial charge in [-0.3, -0.25) is 10.9 Å². The van der Waals surface area contributed by atoms with Crippen LogP contribution in [-0.2, 0) is 0 Å². The van der Waals surface area contributed by atoms with E-state index in [0.29, 0.717) is 0 Å². The van der Waals surface area contributed by atoms with Gasteiger partial charge in [-0.1, -0.05) is 12.8 Å². The van der Waals surface area contributed by atoms with Crippen molar-refractivity contribution < 1.29 is 0 Å². The molecular formula is C13H33N5. The third-order valence-electron chi connectivity index (χ3n) is 2.76. The van der Waals surface area contributed by atoms with Gasteiger partial charge in [0.25, 0.3) is 0 Å². The van der Waals surface area contributed by atoms with E-state index >= 15 is 0 Å². The molecule has 1 fully saturated rings. The molecular weight excluding hydrogens is 226 g/mol. The Morgan fingerprint density at radius 2 is 1.50 bits per heavy atom. The van der Waals surface area contributed by atoms with Gasteiger partial charge in [-0.25, -0.2) is 0 Å². The Morgan fingerprint density at radius 1 is 0.944 bits per heavy atom. The van der Waals surface area contributed by atoms with E-state index in [0.717, 1.165) is 38.6 Å². The smallest absolute Gasteiger partial charge is 0.0227 e. The average Bonchev–Trinajstić information content (AvgIpc) is 3.07. The molecule has 0 spiro atoms. The zero-order valence-electron chi connectivity index (χ0n) is 12.7. The van der Waals surface area contributed by atoms with Crippen LogP contribution in [0.4, 0.5) is 0 Å². The molecule has 0 bridgehead atoms. The first kappa shape index (κ1) is 17.8. The molecule has 18 heavy (non-hydrogen) atoms. The van der Waals surface area contributed by atoms with Crippen LogP contribution in [0.3, 0.4) is 0 Å². The van der Waals surface area contributed by atoms with Crippen molar-refractivity contribution >= 4 is 0 Å². The summed E-state index contributed by atoms with van der Waals surface area (Å²) in [5, 5.41) is 0. The van der Waals surface area contributed by atoms with E-state index in [9.17, 15) is 0 Å². The maximum absolute atomic E-state index is 5.19. The summed E-state index contributed by atoms with van der Waals surface area (Å²) in [6.07, 6.45) is 4.26. The lowest BCUT2D eigenvalue weighted by atomic mass is 10.3. The maximum atomic E-state index is 5.19. The van der Waals surface area contributed by atoms with Crippen LogP contribution in [0.25, 0.3) is 0 Å². The molecule has 0 unspecified atom stereocenters. The summed E-state index contributed by atoms with van der Waals surface area (Å²) in [5.74, 6) is 1.04. The highest BCUT2D eigenvalue weighted by atomic mass is 15.4. The Balaban J connectivity index is 0.000000411. The molecule has 0 aromatic rings. The van der Waals surface area contributed by atoms with Gasteiger partial charge in [0, 0.05) is 32.7 Å². The fraction of sp³-hybridized carbons (Fsp3) is 1.00. The van der Waals surface area contributed by atoms with Crippen LogP contribution >= 0.6 is 0 Å². The van der Waals surface area contributed by atoms with Gasteiger partial charge >= 0.3 is 0 Å². The topological polar surface area (TPSA) is 56.6 Å². The summed E-state index contributed by atoms with van der Waals surface area (Å²) >= 11 is 0. The predicted octanol–water partition coefficient (Wildman–Crippen LogP) is -0.0510.